The van der Waals surface area contributed by atoms with Gasteiger partial charge in [0.2, 0.25) is 0 Å². The van der Waals surface area contributed by atoms with E-state index in [1.165, 1.54) is 31.4 Å². The highest BCUT2D eigenvalue weighted by molar-refractivity contribution is 6.30. The molecule has 2 N–H and O–H groups in total. The number of rotatable bonds is 5. The summed E-state index contributed by atoms with van der Waals surface area (Å²) in [6.45, 7) is 0. The molecule has 0 aliphatic heterocycles. The predicted molar refractivity (Wildman–Crippen MR) is 105 cm³/mol. The Hall–Kier alpha value is -3.65. The molecule has 0 aliphatic carbocycles. The number of nitro groups is 1. The van der Waals surface area contributed by atoms with Gasteiger partial charge in [0.1, 0.15) is 17.0 Å². The SMILES string of the molecule is COc1ccc(NC(=O)c2ccc(-c3ccc(Cl)cc3)[nH]c2=O)c([N+](=O)[O-])c1. The van der Waals surface area contributed by atoms with Crippen LogP contribution >= 0.6 is 11.6 Å². The number of nitro benzene ring substituents is 1. The standard InChI is InChI=1S/C19H14ClN3O5/c1-28-13-6-8-16(17(10-13)23(26)27)22-19(25)14-7-9-15(21-18(14)24)11-2-4-12(20)5-3-11/h2-10H,1H3,(H,21,24)(H,22,25). The van der Waals surface area contributed by atoms with E-state index in [-0.39, 0.29) is 22.7 Å². The first-order chi connectivity index (χ1) is 13.4. The molecule has 1 heterocycles. The Bertz CT molecular complexity index is 1110. The van der Waals surface area contributed by atoms with Crippen LogP contribution in [0.1, 0.15) is 10.4 Å². The number of aromatic nitrogens is 1. The van der Waals surface area contributed by atoms with Crippen molar-refractivity contribution in [2.45, 2.75) is 0 Å². The van der Waals surface area contributed by atoms with Crippen molar-refractivity contribution in [2.75, 3.05) is 12.4 Å². The summed E-state index contributed by atoms with van der Waals surface area (Å²) in [6.07, 6.45) is 0. The summed E-state index contributed by atoms with van der Waals surface area (Å²) in [6, 6.07) is 13.7. The molecule has 28 heavy (non-hydrogen) atoms. The first kappa shape index (κ1) is 19.1. The number of amides is 1. The van der Waals surface area contributed by atoms with Crippen molar-refractivity contribution < 1.29 is 14.5 Å². The first-order valence-corrected chi connectivity index (χ1v) is 8.40. The van der Waals surface area contributed by atoms with Crippen LogP contribution in [0.4, 0.5) is 11.4 Å². The fourth-order valence-electron chi connectivity index (χ4n) is 2.54. The van der Waals surface area contributed by atoms with Crippen molar-refractivity contribution in [2.24, 2.45) is 0 Å². The van der Waals surface area contributed by atoms with Gasteiger partial charge in [0.15, 0.2) is 0 Å². The minimum atomic E-state index is -0.767. The van der Waals surface area contributed by atoms with Crippen LogP contribution in [-0.2, 0) is 0 Å². The summed E-state index contributed by atoms with van der Waals surface area (Å²) in [5.74, 6) is -0.493. The van der Waals surface area contributed by atoms with Gasteiger partial charge in [0.05, 0.1) is 18.1 Å². The van der Waals surface area contributed by atoms with Gasteiger partial charge in [-0.15, -0.1) is 0 Å². The van der Waals surface area contributed by atoms with Crippen molar-refractivity contribution in [3.05, 3.63) is 85.7 Å². The van der Waals surface area contributed by atoms with E-state index in [0.29, 0.717) is 10.7 Å². The molecule has 3 aromatic rings. The second-order valence-electron chi connectivity index (χ2n) is 5.72. The van der Waals surface area contributed by atoms with Crippen molar-refractivity contribution in [3.8, 4) is 17.0 Å². The van der Waals surface area contributed by atoms with E-state index in [0.717, 1.165) is 5.56 Å². The summed E-state index contributed by atoms with van der Waals surface area (Å²) in [5.41, 5.74) is 0.0377. The lowest BCUT2D eigenvalue weighted by molar-refractivity contribution is -0.384. The molecule has 0 aliphatic rings. The molecule has 8 nitrogen and oxygen atoms in total. The molecule has 142 valence electrons. The zero-order chi connectivity index (χ0) is 20.3. The van der Waals surface area contributed by atoms with Crippen LogP contribution in [0.25, 0.3) is 11.3 Å². The minimum absolute atomic E-state index is 0.0445. The van der Waals surface area contributed by atoms with Crippen molar-refractivity contribution in [1.29, 1.82) is 0 Å². The molecule has 9 heteroatoms. The zero-order valence-corrected chi connectivity index (χ0v) is 15.3. The summed E-state index contributed by atoms with van der Waals surface area (Å²) in [5, 5.41) is 14.2. The highest BCUT2D eigenvalue weighted by Crippen LogP contribution is 2.29. The van der Waals surface area contributed by atoms with Gasteiger partial charge in [-0.1, -0.05) is 23.7 Å². The van der Waals surface area contributed by atoms with Crippen LogP contribution in [0.15, 0.2) is 59.4 Å². The lowest BCUT2D eigenvalue weighted by Crippen LogP contribution is -2.23. The number of H-pyrrole nitrogens is 1. The Morgan fingerprint density at radius 3 is 2.46 bits per heavy atom. The third-order valence-corrected chi connectivity index (χ3v) is 4.21. The Balaban J connectivity index is 1.88. The maximum absolute atomic E-state index is 12.5. The maximum Gasteiger partial charge on any atom is 0.296 e. The number of hydrogen-bond donors (Lipinski definition) is 2. The van der Waals surface area contributed by atoms with Crippen LogP contribution in [0, 0.1) is 10.1 Å². The number of halogens is 1. The van der Waals surface area contributed by atoms with E-state index in [9.17, 15) is 19.7 Å². The Morgan fingerprint density at radius 2 is 1.86 bits per heavy atom. The molecular formula is C19H14ClN3O5. The molecule has 0 bridgehead atoms. The van der Waals surface area contributed by atoms with Crippen molar-refractivity contribution in [1.82, 2.24) is 4.98 Å². The number of hydrogen-bond acceptors (Lipinski definition) is 5. The number of nitrogens with zero attached hydrogens (tertiary/aromatic N) is 1. The minimum Gasteiger partial charge on any atom is -0.496 e. The number of aromatic amines is 1. The zero-order valence-electron chi connectivity index (χ0n) is 14.6. The number of pyridine rings is 1. The van der Waals surface area contributed by atoms with Gasteiger partial charge in [-0.25, -0.2) is 0 Å². The van der Waals surface area contributed by atoms with Gasteiger partial charge >= 0.3 is 0 Å². The number of carbonyl (C=O) groups excluding carboxylic acids is 1. The molecule has 0 unspecified atom stereocenters. The van der Waals surface area contributed by atoms with Crippen LogP contribution in [0.2, 0.25) is 5.02 Å². The molecule has 3 rings (SSSR count). The van der Waals surface area contributed by atoms with E-state index in [2.05, 4.69) is 10.3 Å². The van der Waals surface area contributed by atoms with Gasteiger partial charge in [0.25, 0.3) is 17.2 Å². The summed E-state index contributed by atoms with van der Waals surface area (Å²) >= 11 is 5.85. The molecule has 0 saturated heterocycles. The monoisotopic (exact) mass is 399 g/mol. The van der Waals surface area contributed by atoms with Gasteiger partial charge in [-0.05, 0) is 42.0 Å². The van der Waals surface area contributed by atoms with E-state index in [1.807, 2.05) is 0 Å². The normalized spacial score (nSPS) is 10.4. The van der Waals surface area contributed by atoms with E-state index in [1.54, 1.807) is 30.3 Å². The summed E-state index contributed by atoms with van der Waals surface area (Å²) in [4.78, 5) is 38.0. The Kier molecular flexibility index (Phi) is 5.42. The van der Waals surface area contributed by atoms with Gasteiger partial charge in [-0.3, -0.25) is 19.7 Å². The smallest absolute Gasteiger partial charge is 0.296 e. The number of anilines is 1. The molecular weight excluding hydrogens is 386 g/mol. The third kappa shape index (κ3) is 4.02. The second-order valence-corrected chi connectivity index (χ2v) is 6.15. The largest absolute Gasteiger partial charge is 0.496 e. The van der Waals surface area contributed by atoms with Crippen LogP contribution in [-0.4, -0.2) is 22.9 Å². The van der Waals surface area contributed by atoms with E-state index < -0.39 is 16.4 Å². The van der Waals surface area contributed by atoms with E-state index >= 15 is 0 Å². The fourth-order valence-corrected chi connectivity index (χ4v) is 2.66. The average molecular weight is 400 g/mol. The first-order valence-electron chi connectivity index (χ1n) is 8.02. The van der Waals surface area contributed by atoms with Crippen LogP contribution in [0.3, 0.4) is 0 Å². The number of carbonyl (C=O) groups is 1. The van der Waals surface area contributed by atoms with Crippen molar-refractivity contribution in [3.63, 3.8) is 0 Å². The second kappa shape index (κ2) is 7.93. The number of benzene rings is 2. The number of ether oxygens (including phenoxy) is 1. The molecule has 0 atom stereocenters. The highest BCUT2D eigenvalue weighted by atomic mass is 35.5. The molecule has 0 saturated carbocycles. The molecule has 1 aromatic heterocycles. The van der Waals surface area contributed by atoms with Crippen LogP contribution < -0.4 is 15.6 Å². The third-order valence-electron chi connectivity index (χ3n) is 3.96. The molecule has 0 radical (unpaired) electrons. The Labute approximate surface area is 163 Å². The quantitative estimate of drug-likeness (QED) is 0.499. The van der Waals surface area contributed by atoms with Gasteiger partial charge in [-0.2, -0.15) is 0 Å². The molecule has 0 spiro atoms. The predicted octanol–water partition coefficient (Wildman–Crippen LogP) is 3.86. The topological polar surface area (TPSA) is 114 Å². The average Bonchev–Trinajstić information content (AvgIpc) is 2.68. The van der Waals surface area contributed by atoms with E-state index in [4.69, 9.17) is 16.3 Å². The highest BCUT2D eigenvalue weighted by Gasteiger charge is 2.19. The Morgan fingerprint density at radius 1 is 1.14 bits per heavy atom. The summed E-state index contributed by atoms with van der Waals surface area (Å²) in [7, 11) is 1.37. The van der Waals surface area contributed by atoms with Gasteiger partial charge < -0.3 is 15.0 Å². The summed E-state index contributed by atoms with van der Waals surface area (Å²) < 4.78 is 4.95. The number of nitrogens with one attached hydrogen (secondary N) is 2. The maximum atomic E-state index is 12.5. The van der Waals surface area contributed by atoms with Crippen molar-refractivity contribution >= 4 is 28.9 Å². The number of methoxy groups -OCH3 is 1. The lowest BCUT2D eigenvalue weighted by atomic mass is 10.1. The van der Waals surface area contributed by atoms with Gasteiger partial charge in [0, 0.05) is 10.7 Å². The molecule has 2 aromatic carbocycles. The molecule has 1 amide bonds. The fraction of sp³-hybridized carbons (Fsp3) is 0.0526. The molecule has 0 fully saturated rings. The lowest BCUT2D eigenvalue weighted by Gasteiger charge is -2.08. The van der Waals surface area contributed by atoms with Crippen LogP contribution in [0.5, 0.6) is 5.75 Å².